The SMILES string of the molecule is O=C1CCC(=O)N1c1cc(Cl)ccc1C#CCO. The number of carbonyl (C=O) groups excluding carboxylic acids is 2. The Morgan fingerprint density at radius 3 is 2.56 bits per heavy atom. The summed E-state index contributed by atoms with van der Waals surface area (Å²) in [5, 5.41) is 9.12. The molecule has 0 saturated carbocycles. The number of rotatable bonds is 1. The molecule has 4 nitrogen and oxygen atoms in total. The number of hydrogen-bond donors (Lipinski definition) is 1. The number of anilines is 1. The van der Waals surface area contributed by atoms with Gasteiger partial charge in [0.1, 0.15) is 6.61 Å². The van der Waals surface area contributed by atoms with Crippen molar-refractivity contribution in [1.82, 2.24) is 0 Å². The Kier molecular flexibility index (Phi) is 3.66. The Morgan fingerprint density at radius 1 is 1.28 bits per heavy atom. The summed E-state index contributed by atoms with van der Waals surface area (Å²) in [4.78, 5) is 24.5. The lowest BCUT2D eigenvalue weighted by atomic mass is 10.1. The van der Waals surface area contributed by atoms with Gasteiger partial charge in [0.2, 0.25) is 11.8 Å². The van der Waals surface area contributed by atoms with E-state index in [2.05, 4.69) is 11.8 Å². The van der Waals surface area contributed by atoms with Gasteiger partial charge in [-0.25, -0.2) is 4.90 Å². The van der Waals surface area contributed by atoms with Gasteiger partial charge in [0, 0.05) is 23.4 Å². The average Bonchev–Trinajstić information content (AvgIpc) is 2.67. The molecule has 0 aromatic heterocycles. The van der Waals surface area contributed by atoms with Crippen LogP contribution in [0.25, 0.3) is 0 Å². The average molecular weight is 264 g/mol. The minimum Gasteiger partial charge on any atom is -0.384 e. The van der Waals surface area contributed by atoms with Gasteiger partial charge in [-0.1, -0.05) is 23.4 Å². The van der Waals surface area contributed by atoms with E-state index in [1.165, 1.54) is 6.07 Å². The highest BCUT2D eigenvalue weighted by atomic mass is 35.5. The van der Waals surface area contributed by atoms with Crippen LogP contribution in [0.1, 0.15) is 18.4 Å². The summed E-state index contributed by atoms with van der Waals surface area (Å²) < 4.78 is 0. The summed E-state index contributed by atoms with van der Waals surface area (Å²) >= 11 is 5.88. The molecule has 92 valence electrons. The number of hydrogen-bond acceptors (Lipinski definition) is 3. The highest BCUT2D eigenvalue weighted by Crippen LogP contribution is 2.28. The molecule has 1 aromatic carbocycles. The first-order valence-corrected chi connectivity index (χ1v) is 5.76. The van der Waals surface area contributed by atoms with Crippen molar-refractivity contribution in [2.75, 3.05) is 11.5 Å². The number of imide groups is 1. The molecule has 0 unspecified atom stereocenters. The van der Waals surface area contributed by atoms with E-state index < -0.39 is 0 Å². The van der Waals surface area contributed by atoms with Gasteiger partial charge >= 0.3 is 0 Å². The maximum absolute atomic E-state index is 11.7. The molecule has 0 spiro atoms. The van der Waals surface area contributed by atoms with Crippen molar-refractivity contribution in [1.29, 1.82) is 0 Å². The predicted octanol–water partition coefficient (Wildman–Crippen LogP) is 1.34. The van der Waals surface area contributed by atoms with Gasteiger partial charge < -0.3 is 5.11 Å². The Labute approximate surface area is 109 Å². The summed E-state index contributed by atoms with van der Waals surface area (Å²) in [6.45, 7) is -0.288. The van der Waals surface area contributed by atoms with Gasteiger partial charge in [0.25, 0.3) is 0 Å². The first-order valence-electron chi connectivity index (χ1n) is 5.38. The molecule has 0 radical (unpaired) electrons. The molecule has 0 atom stereocenters. The van der Waals surface area contributed by atoms with Crippen LogP contribution in [0.5, 0.6) is 0 Å². The number of halogens is 1. The Bertz CT molecular complexity index is 555. The van der Waals surface area contributed by atoms with Crippen LogP contribution < -0.4 is 4.90 Å². The lowest BCUT2D eigenvalue weighted by Gasteiger charge is -2.16. The van der Waals surface area contributed by atoms with Crippen LogP contribution in [-0.2, 0) is 9.59 Å². The van der Waals surface area contributed by atoms with Crippen molar-refractivity contribution < 1.29 is 14.7 Å². The van der Waals surface area contributed by atoms with E-state index in [4.69, 9.17) is 16.7 Å². The fraction of sp³-hybridized carbons (Fsp3) is 0.231. The zero-order valence-electron chi connectivity index (χ0n) is 9.44. The van der Waals surface area contributed by atoms with Gasteiger partial charge in [-0.2, -0.15) is 0 Å². The molecule has 1 saturated heterocycles. The largest absolute Gasteiger partial charge is 0.384 e. The number of aliphatic hydroxyl groups is 1. The van der Waals surface area contributed by atoms with Crippen molar-refractivity contribution in [3.05, 3.63) is 28.8 Å². The maximum atomic E-state index is 11.7. The Balaban J connectivity index is 2.51. The summed E-state index contributed by atoms with van der Waals surface area (Å²) in [7, 11) is 0. The standard InChI is InChI=1S/C13H10ClNO3/c14-10-4-3-9(2-1-7-16)11(8-10)15-12(17)5-6-13(15)18/h3-4,8,16H,5-7H2. The Morgan fingerprint density at radius 2 is 1.94 bits per heavy atom. The molecule has 5 heteroatoms. The third-order valence-corrected chi connectivity index (χ3v) is 2.79. The zero-order valence-corrected chi connectivity index (χ0v) is 10.2. The van der Waals surface area contributed by atoms with E-state index in [0.29, 0.717) is 16.3 Å². The van der Waals surface area contributed by atoms with Gasteiger partial charge in [-0.3, -0.25) is 9.59 Å². The van der Waals surface area contributed by atoms with Crippen molar-refractivity contribution in [3.63, 3.8) is 0 Å². The summed E-state index contributed by atoms with van der Waals surface area (Å²) in [6.07, 6.45) is 0.413. The summed E-state index contributed by atoms with van der Waals surface area (Å²) in [6, 6.07) is 4.78. The first-order chi connectivity index (χ1) is 8.63. The second kappa shape index (κ2) is 5.21. The number of benzene rings is 1. The van der Waals surface area contributed by atoms with Gasteiger partial charge in [-0.15, -0.1) is 0 Å². The molecule has 1 heterocycles. The van der Waals surface area contributed by atoms with Crippen molar-refractivity contribution >= 4 is 29.1 Å². The molecule has 18 heavy (non-hydrogen) atoms. The molecule has 2 rings (SSSR count). The fourth-order valence-corrected chi connectivity index (χ4v) is 1.94. The van der Waals surface area contributed by atoms with Crippen LogP contribution in [0, 0.1) is 11.8 Å². The lowest BCUT2D eigenvalue weighted by Crippen LogP contribution is -2.29. The molecule has 0 bridgehead atoms. The Hall–Kier alpha value is -1.83. The van der Waals surface area contributed by atoms with E-state index in [9.17, 15) is 9.59 Å². The topological polar surface area (TPSA) is 57.6 Å². The van der Waals surface area contributed by atoms with Crippen LogP contribution in [0.2, 0.25) is 5.02 Å². The van der Waals surface area contributed by atoms with Crippen LogP contribution in [0.4, 0.5) is 5.69 Å². The van der Waals surface area contributed by atoms with Gasteiger partial charge in [0.05, 0.1) is 5.69 Å². The lowest BCUT2D eigenvalue weighted by molar-refractivity contribution is -0.121. The summed E-state index contributed by atoms with van der Waals surface area (Å²) in [5.41, 5.74) is 0.882. The zero-order chi connectivity index (χ0) is 13.1. The molecular formula is C13H10ClNO3. The molecule has 2 amide bonds. The third-order valence-electron chi connectivity index (χ3n) is 2.55. The van der Waals surface area contributed by atoms with Crippen LogP contribution in [0.15, 0.2) is 18.2 Å². The maximum Gasteiger partial charge on any atom is 0.234 e. The number of nitrogens with zero attached hydrogens (tertiary/aromatic N) is 1. The van der Waals surface area contributed by atoms with Crippen molar-refractivity contribution in [3.8, 4) is 11.8 Å². The molecule has 1 aliphatic rings. The van der Waals surface area contributed by atoms with E-state index in [1.807, 2.05) is 0 Å². The normalized spacial score (nSPS) is 14.7. The number of amides is 2. The third kappa shape index (κ3) is 2.37. The van der Waals surface area contributed by atoms with Gasteiger partial charge in [-0.05, 0) is 18.2 Å². The van der Waals surface area contributed by atoms with E-state index in [0.717, 1.165) is 4.90 Å². The quantitative estimate of drug-likeness (QED) is 0.614. The molecule has 1 N–H and O–H groups in total. The first kappa shape index (κ1) is 12.6. The second-order valence-corrected chi connectivity index (χ2v) is 4.18. The van der Waals surface area contributed by atoms with E-state index in [1.54, 1.807) is 12.1 Å². The monoisotopic (exact) mass is 263 g/mol. The smallest absolute Gasteiger partial charge is 0.234 e. The van der Waals surface area contributed by atoms with Crippen molar-refractivity contribution in [2.45, 2.75) is 12.8 Å². The number of aliphatic hydroxyl groups excluding tert-OH is 1. The van der Waals surface area contributed by atoms with Crippen LogP contribution in [-0.4, -0.2) is 23.5 Å². The molecule has 0 aliphatic carbocycles. The van der Waals surface area contributed by atoms with E-state index in [-0.39, 0.29) is 31.3 Å². The number of carbonyl (C=O) groups is 2. The summed E-state index contributed by atoms with van der Waals surface area (Å²) in [5.74, 6) is 4.68. The predicted molar refractivity (Wildman–Crippen MR) is 67.1 cm³/mol. The van der Waals surface area contributed by atoms with Crippen LogP contribution in [0.3, 0.4) is 0 Å². The minimum absolute atomic E-state index is 0.207. The highest BCUT2D eigenvalue weighted by Gasteiger charge is 2.31. The molecule has 1 aromatic rings. The highest BCUT2D eigenvalue weighted by molar-refractivity contribution is 6.31. The van der Waals surface area contributed by atoms with Gasteiger partial charge in [0.15, 0.2) is 0 Å². The molecule has 1 fully saturated rings. The second-order valence-electron chi connectivity index (χ2n) is 3.74. The fourth-order valence-electron chi connectivity index (χ4n) is 1.78. The van der Waals surface area contributed by atoms with Crippen LogP contribution >= 0.6 is 11.6 Å². The van der Waals surface area contributed by atoms with E-state index >= 15 is 0 Å². The van der Waals surface area contributed by atoms with Crippen molar-refractivity contribution in [2.24, 2.45) is 0 Å². The molecule has 1 aliphatic heterocycles. The molecular weight excluding hydrogens is 254 g/mol. The minimum atomic E-state index is -0.288.